The summed E-state index contributed by atoms with van der Waals surface area (Å²) in [6.07, 6.45) is 4.41. The molecule has 6 nitrogen and oxygen atoms in total. The van der Waals surface area contributed by atoms with E-state index in [-0.39, 0.29) is 10.7 Å². The van der Waals surface area contributed by atoms with Crippen LogP contribution in [0.5, 0.6) is 0 Å². The fourth-order valence-electron chi connectivity index (χ4n) is 2.39. The summed E-state index contributed by atoms with van der Waals surface area (Å²) in [6, 6.07) is 0. The Kier molecular flexibility index (Phi) is 4.15. The quantitative estimate of drug-likeness (QED) is 0.908. The van der Waals surface area contributed by atoms with Crippen molar-refractivity contribution in [2.24, 2.45) is 5.92 Å². The third-order valence-electron chi connectivity index (χ3n) is 3.67. The maximum atomic E-state index is 12.6. The number of sulfonamides is 1. The minimum Gasteiger partial charge on any atom is -0.381 e. The minimum absolute atomic E-state index is 0.0964. The van der Waals surface area contributed by atoms with E-state index in [2.05, 4.69) is 12.0 Å². The second-order valence-corrected chi connectivity index (χ2v) is 7.08. The summed E-state index contributed by atoms with van der Waals surface area (Å²) in [6.45, 7) is 5.82. The lowest BCUT2D eigenvalue weighted by Crippen LogP contribution is -2.32. The highest BCUT2D eigenvalue weighted by Crippen LogP contribution is 2.25. The normalized spacial score (nSPS) is 22.3. The second kappa shape index (κ2) is 5.50. The van der Waals surface area contributed by atoms with E-state index in [9.17, 15) is 8.42 Å². The molecule has 0 spiro atoms. The van der Waals surface area contributed by atoms with Gasteiger partial charge in [-0.3, -0.25) is 4.68 Å². The van der Waals surface area contributed by atoms with Gasteiger partial charge >= 0.3 is 0 Å². The van der Waals surface area contributed by atoms with E-state index in [1.54, 1.807) is 8.99 Å². The fraction of sp³-hybridized carbons (Fsp3) is 0.750. The summed E-state index contributed by atoms with van der Waals surface area (Å²) < 4.78 is 28.3. The Hall–Kier alpha value is -1.08. The zero-order valence-corrected chi connectivity index (χ0v) is 12.4. The first-order valence-electron chi connectivity index (χ1n) is 6.78. The summed E-state index contributed by atoms with van der Waals surface area (Å²) in [4.78, 5) is 0.143. The Morgan fingerprint density at radius 3 is 2.79 bits per heavy atom. The summed E-state index contributed by atoms with van der Waals surface area (Å²) in [7, 11) is -3.50. The molecule has 0 aliphatic carbocycles. The Balaban J connectivity index is 2.28. The Morgan fingerprint density at radius 1 is 1.42 bits per heavy atom. The zero-order valence-electron chi connectivity index (χ0n) is 11.5. The van der Waals surface area contributed by atoms with Crippen LogP contribution >= 0.6 is 0 Å². The molecule has 0 aromatic carbocycles. The predicted octanol–water partition coefficient (Wildman–Crippen LogP) is 1.30. The highest BCUT2D eigenvalue weighted by atomic mass is 32.2. The van der Waals surface area contributed by atoms with Crippen LogP contribution in [0.4, 0.5) is 5.82 Å². The number of anilines is 1. The highest BCUT2D eigenvalue weighted by molar-refractivity contribution is 7.89. The molecule has 19 heavy (non-hydrogen) atoms. The molecule has 1 aliphatic heterocycles. The number of nitrogens with two attached hydrogens (primary N) is 1. The van der Waals surface area contributed by atoms with Crippen LogP contribution in [0.3, 0.4) is 0 Å². The average Bonchev–Trinajstić information content (AvgIpc) is 2.60. The molecule has 2 N–H and O–H groups in total. The summed E-state index contributed by atoms with van der Waals surface area (Å²) in [5, 5.41) is 4.02. The van der Waals surface area contributed by atoms with Crippen molar-refractivity contribution in [1.29, 1.82) is 0 Å². The van der Waals surface area contributed by atoms with E-state index in [1.165, 1.54) is 6.20 Å². The van der Waals surface area contributed by atoms with E-state index in [0.717, 1.165) is 19.3 Å². The molecule has 0 bridgehead atoms. The number of nitrogen functional groups attached to an aromatic ring is 1. The molecule has 2 heterocycles. The number of aryl methyl sites for hydroxylation is 1. The van der Waals surface area contributed by atoms with Gasteiger partial charge in [0.05, 0.1) is 0 Å². The molecule has 0 saturated carbocycles. The first kappa shape index (κ1) is 14.3. The van der Waals surface area contributed by atoms with Crippen LogP contribution in [0.25, 0.3) is 0 Å². The third-order valence-corrected chi connectivity index (χ3v) is 5.59. The van der Waals surface area contributed by atoms with Crippen molar-refractivity contribution in [2.45, 2.75) is 44.6 Å². The molecule has 7 heteroatoms. The predicted molar refractivity (Wildman–Crippen MR) is 74.1 cm³/mol. The van der Waals surface area contributed by atoms with E-state index < -0.39 is 10.0 Å². The topological polar surface area (TPSA) is 81.2 Å². The maximum absolute atomic E-state index is 12.6. The van der Waals surface area contributed by atoms with E-state index in [1.807, 2.05) is 6.92 Å². The first-order chi connectivity index (χ1) is 8.95. The Morgan fingerprint density at radius 2 is 2.16 bits per heavy atom. The standard InChI is InChI=1S/C12H22N4O2S/c1-3-15-9-11(12(13)14-15)19(17,18)16-7-4-5-10(2)6-8-16/h9-10H,3-8H2,1-2H3,(H2,13,14). The van der Waals surface area contributed by atoms with Crippen LogP contribution in [0.15, 0.2) is 11.1 Å². The van der Waals surface area contributed by atoms with Crippen molar-refractivity contribution in [3.05, 3.63) is 6.20 Å². The molecular weight excluding hydrogens is 264 g/mol. The smallest absolute Gasteiger partial charge is 0.248 e. The summed E-state index contributed by atoms with van der Waals surface area (Å²) in [5.41, 5.74) is 5.74. The summed E-state index contributed by atoms with van der Waals surface area (Å²) in [5.74, 6) is 0.676. The maximum Gasteiger partial charge on any atom is 0.248 e. The molecule has 1 aliphatic rings. The van der Waals surface area contributed by atoms with Gasteiger partial charge in [0.15, 0.2) is 5.82 Å². The van der Waals surface area contributed by atoms with Gasteiger partial charge in [-0.2, -0.15) is 9.40 Å². The molecule has 1 aromatic heterocycles. The lowest BCUT2D eigenvalue weighted by Gasteiger charge is -2.19. The number of rotatable bonds is 3. The van der Waals surface area contributed by atoms with Gasteiger partial charge in [0.1, 0.15) is 4.90 Å². The number of hydrogen-bond acceptors (Lipinski definition) is 4. The largest absolute Gasteiger partial charge is 0.381 e. The highest BCUT2D eigenvalue weighted by Gasteiger charge is 2.30. The van der Waals surface area contributed by atoms with Crippen LogP contribution in [0.1, 0.15) is 33.1 Å². The van der Waals surface area contributed by atoms with Crippen LogP contribution in [-0.4, -0.2) is 35.6 Å². The van der Waals surface area contributed by atoms with E-state index in [4.69, 9.17) is 5.73 Å². The van der Waals surface area contributed by atoms with Crippen molar-refractivity contribution in [1.82, 2.24) is 14.1 Å². The monoisotopic (exact) mass is 286 g/mol. The van der Waals surface area contributed by atoms with Crippen LogP contribution in [-0.2, 0) is 16.6 Å². The molecule has 1 saturated heterocycles. The van der Waals surface area contributed by atoms with E-state index in [0.29, 0.717) is 25.6 Å². The van der Waals surface area contributed by atoms with Crippen LogP contribution < -0.4 is 5.73 Å². The van der Waals surface area contributed by atoms with Crippen molar-refractivity contribution < 1.29 is 8.42 Å². The molecule has 108 valence electrons. The van der Waals surface area contributed by atoms with Crippen molar-refractivity contribution in [3.8, 4) is 0 Å². The second-order valence-electron chi connectivity index (χ2n) is 5.17. The van der Waals surface area contributed by atoms with Crippen LogP contribution in [0, 0.1) is 5.92 Å². The molecule has 1 aromatic rings. The number of hydrogen-bond donors (Lipinski definition) is 1. The van der Waals surface area contributed by atoms with Crippen LogP contribution in [0.2, 0.25) is 0 Å². The van der Waals surface area contributed by atoms with Crippen molar-refractivity contribution in [3.63, 3.8) is 0 Å². The SMILES string of the molecule is CCn1cc(S(=O)(=O)N2CCCC(C)CC2)c(N)n1. The van der Waals surface area contributed by atoms with Gasteiger partial charge < -0.3 is 5.73 Å². The Bertz CT molecular complexity index is 538. The lowest BCUT2D eigenvalue weighted by molar-refractivity contribution is 0.417. The lowest BCUT2D eigenvalue weighted by atomic mass is 10.0. The van der Waals surface area contributed by atoms with Gasteiger partial charge in [0.2, 0.25) is 10.0 Å². The van der Waals surface area contributed by atoms with Gasteiger partial charge in [-0.15, -0.1) is 0 Å². The average molecular weight is 286 g/mol. The van der Waals surface area contributed by atoms with Gasteiger partial charge in [-0.25, -0.2) is 8.42 Å². The fourth-order valence-corrected chi connectivity index (χ4v) is 3.95. The minimum atomic E-state index is -3.50. The van der Waals surface area contributed by atoms with E-state index >= 15 is 0 Å². The molecule has 1 fully saturated rings. The molecule has 0 radical (unpaired) electrons. The first-order valence-corrected chi connectivity index (χ1v) is 8.22. The van der Waals surface area contributed by atoms with Crippen molar-refractivity contribution >= 4 is 15.8 Å². The van der Waals surface area contributed by atoms with Gasteiger partial charge in [-0.05, 0) is 32.1 Å². The molecular formula is C12H22N4O2S. The van der Waals surface area contributed by atoms with Gasteiger partial charge in [-0.1, -0.05) is 6.92 Å². The number of aromatic nitrogens is 2. The zero-order chi connectivity index (χ0) is 14.0. The molecule has 0 amide bonds. The summed E-state index contributed by atoms with van der Waals surface area (Å²) >= 11 is 0. The van der Waals surface area contributed by atoms with Gasteiger partial charge in [0.25, 0.3) is 0 Å². The third kappa shape index (κ3) is 2.92. The molecule has 1 unspecified atom stereocenters. The Labute approximate surface area is 114 Å². The van der Waals surface area contributed by atoms with Gasteiger partial charge in [0, 0.05) is 25.8 Å². The molecule has 2 rings (SSSR count). The number of nitrogens with zero attached hydrogens (tertiary/aromatic N) is 3. The van der Waals surface area contributed by atoms with Crippen molar-refractivity contribution in [2.75, 3.05) is 18.8 Å². The molecule has 1 atom stereocenters.